The fourth-order valence-corrected chi connectivity index (χ4v) is 2.52. The second-order valence-electron chi connectivity index (χ2n) is 5.66. The maximum Gasteiger partial charge on any atom is 0.123 e. The van der Waals surface area contributed by atoms with E-state index in [0.29, 0.717) is 18.1 Å². The number of hydrogen-bond donors (Lipinski definition) is 1. The van der Waals surface area contributed by atoms with Crippen LogP contribution in [0.25, 0.3) is 0 Å². The molecule has 1 fully saturated rings. The van der Waals surface area contributed by atoms with E-state index in [-0.39, 0.29) is 0 Å². The van der Waals surface area contributed by atoms with E-state index >= 15 is 0 Å². The van der Waals surface area contributed by atoms with Gasteiger partial charge in [-0.1, -0.05) is 32.9 Å². The molecule has 2 heteroatoms. The number of nitrogens with one attached hydrogen (secondary N) is 1. The smallest absolute Gasteiger partial charge is 0.123 e. The highest BCUT2D eigenvalue weighted by atomic mass is 16.5. The van der Waals surface area contributed by atoms with Gasteiger partial charge in [-0.25, -0.2) is 0 Å². The molecule has 0 heterocycles. The predicted octanol–water partition coefficient (Wildman–Crippen LogP) is 3.64. The van der Waals surface area contributed by atoms with E-state index in [0.717, 1.165) is 25.1 Å². The van der Waals surface area contributed by atoms with Crippen LogP contribution in [-0.2, 0) is 0 Å². The molecule has 0 spiro atoms. The van der Waals surface area contributed by atoms with Gasteiger partial charge in [0.2, 0.25) is 0 Å². The summed E-state index contributed by atoms with van der Waals surface area (Å²) >= 11 is 0. The molecule has 0 saturated heterocycles. The molecule has 1 N–H and O–H groups in total. The van der Waals surface area contributed by atoms with Crippen molar-refractivity contribution >= 4 is 0 Å². The van der Waals surface area contributed by atoms with Gasteiger partial charge in [0.1, 0.15) is 11.9 Å². The van der Waals surface area contributed by atoms with Crippen LogP contribution in [-0.4, -0.2) is 18.7 Å². The van der Waals surface area contributed by atoms with Crippen molar-refractivity contribution in [3.05, 3.63) is 29.3 Å². The van der Waals surface area contributed by atoms with E-state index in [1.54, 1.807) is 0 Å². The highest BCUT2D eigenvalue weighted by Gasteiger charge is 2.30. The molecule has 0 bridgehead atoms. The van der Waals surface area contributed by atoms with E-state index in [1.165, 1.54) is 11.1 Å². The third kappa shape index (κ3) is 3.05. The van der Waals surface area contributed by atoms with Crippen molar-refractivity contribution in [3.8, 4) is 5.75 Å². The van der Waals surface area contributed by atoms with Crippen molar-refractivity contribution in [1.29, 1.82) is 0 Å². The number of rotatable bonds is 5. The first-order valence-electron chi connectivity index (χ1n) is 7.10. The Labute approximate surface area is 111 Å². The van der Waals surface area contributed by atoms with E-state index in [2.05, 4.69) is 51.2 Å². The summed E-state index contributed by atoms with van der Waals surface area (Å²) in [6.45, 7) is 9.78. The predicted molar refractivity (Wildman–Crippen MR) is 76.4 cm³/mol. The van der Waals surface area contributed by atoms with Gasteiger partial charge in [0.05, 0.1) is 0 Å². The van der Waals surface area contributed by atoms with E-state index in [1.807, 2.05) is 0 Å². The second-order valence-corrected chi connectivity index (χ2v) is 5.66. The maximum absolute atomic E-state index is 6.16. The Morgan fingerprint density at radius 1 is 1.33 bits per heavy atom. The molecule has 0 radical (unpaired) electrons. The minimum Gasteiger partial charge on any atom is -0.490 e. The van der Waals surface area contributed by atoms with Gasteiger partial charge < -0.3 is 10.1 Å². The van der Waals surface area contributed by atoms with Crippen molar-refractivity contribution in [3.63, 3.8) is 0 Å². The van der Waals surface area contributed by atoms with Gasteiger partial charge in [0.15, 0.2) is 0 Å². The van der Waals surface area contributed by atoms with Gasteiger partial charge in [-0.15, -0.1) is 0 Å². The molecular formula is C16H25NO. The Morgan fingerprint density at radius 2 is 2.06 bits per heavy atom. The lowest BCUT2D eigenvalue weighted by atomic mass is 9.89. The zero-order chi connectivity index (χ0) is 13.1. The molecule has 1 aliphatic carbocycles. The maximum atomic E-state index is 6.16. The van der Waals surface area contributed by atoms with Crippen molar-refractivity contribution in [2.75, 3.05) is 6.54 Å². The molecule has 1 saturated carbocycles. The molecule has 0 atom stereocenters. The van der Waals surface area contributed by atoms with Crippen molar-refractivity contribution in [1.82, 2.24) is 5.32 Å². The first-order valence-corrected chi connectivity index (χ1v) is 7.10. The molecule has 1 aliphatic rings. The molecule has 2 nitrogen and oxygen atoms in total. The highest BCUT2D eigenvalue weighted by molar-refractivity contribution is 5.39. The zero-order valence-corrected chi connectivity index (χ0v) is 12.0. The molecule has 0 aromatic heterocycles. The van der Waals surface area contributed by atoms with Gasteiger partial charge in [-0.2, -0.15) is 0 Å². The summed E-state index contributed by atoms with van der Waals surface area (Å²) in [5, 5.41) is 3.47. The van der Waals surface area contributed by atoms with E-state index in [9.17, 15) is 0 Å². The lowest BCUT2D eigenvalue weighted by Gasteiger charge is -2.36. The zero-order valence-electron chi connectivity index (χ0n) is 12.0. The number of aryl methyl sites for hydroxylation is 1. The lowest BCUT2D eigenvalue weighted by molar-refractivity contribution is 0.0847. The van der Waals surface area contributed by atoms with Gasteiger partial charge >= 0.3 is 0 Å². The Bertz CT molecular complexity index is 394. The van der Waals surface area contributed by atoms with Crippen LogP contribution in [0, 0.1) is 6.92 Å². The largest absolute Gasteiger partial charge is 0.490 e. The van der Waals surface area contributed by atoms with E-state index < -0.39 is 0 Å². The van der Waals surface area contributed by atoms with Crippen LogP contribution >= 0.6 is 0 Å². The quantitative estimate of drug-likeness (QED) is 0.857. The SMILES string of the molecule is CCNC1CC(Oc2cc(C)ccc2C(C)C)C1. The summed E-state index contributed by atoms with van der Waals surface area (Å²) in [6.07, 6.45) is 2.67. The average molecular weight is 247 g/mol. The van der Waals surface area contributed by atoms with Crippen LogP contribution in [0.2, 0.25) is 0 Å². The minimum atomic E-state index is 0.397. The van der Waals surface area contributed by atoms with Gasteiger partial charge in [0, 0.05) is 6.04 Å². The average Bonchev–Trinajstić information content (AvgIpc) is 2.26. The summed E-state index contributed by atoms with van der Waals surface area (Å²) < 4.78 is 6.16. The Balaban J connectivity index is 1.99. The Kier molecular flexibility index (Phi) is 4.28. The van der Waals surface area contributed by atoms with E-state index in [4.69, 9.17) is 4.74 Å². The van der Waals surface area contributed by atoms with Crippen LogP contribution in [0.15, 0.2) is 18.2 Å². The summed E-state index contributed by atoms with van der Waals surface area (Å²) in [4.78, 5) is 0. The summed E-state index contributed by atoms with van der Waals surface area (Å²) in [5.74, 6) is 1.61. The molecule has 2 rings (SSSR count). The van der Waals surface area contributed by atoms with Crippen molar-refractivity contribution < 1.29 is 4.74 Å². The Hall–Kier alpha value is -1.02. The number of ether oxygens (including phenoxy) is 1. The number of hydrogen-bond acceptors (Lipinski definition) is 2. The van der Waals surface area contributed by atoms with Gasteiger partial charge in [-0.05, 0) is 49.4 Å². The first-order chi connectivity index (χ1) is 8.60. The molecule has 0 amide bonds. The molecular weight excluding hydrogens is 222 g/mol. The van der Waals surface area contributed by atoms with Crippen molar-refractivity contribution in [2.24, 2.45) is 0 Å². The van der Waals surface area contributed by atoms with Gasteiger partial charge in [-0.3, -0.25) is 0 Å². The third-order valence-electron chi connectivity index (χ3n) is 3.67. The molecule has 100 valence electrons. The summed E-state index contributed by atoms with van der Waals surface area (Å²) in [7, 11) is 0. The van der Waals surface area contributed by atoms with Gasteiger partial charge in [0.25, 0.3) is 0 Å². The molecule has 0 aliphatic heterocycles. The van der Waals surface area contributed by atoms with Crippen LogP contribution in [0.3, 0.4) is 0 Å². The fourth-order valence-electron chi connectivity index (χ4n) is 2.52. The second kappa shape index (κ2) is 5.75. The molecule has 1 aromatic rings. The topological polar surface area (TPSA) is 21.3 Å². The summed E-state index contributed by atoms with van der Waals surface area (Å²) in [5.41, 5.74) is 2.60. The lowest BCUT2D eigenvalue weighted by Crippen LogP contribution is -2.46. The normalized spacial score (nSPS) is 22.9. The summed E-state index contributed by atoms with van der Waals surface area (Å²) in [6, 6.07) is 7.21. The van der Waals surface area contributed by atoms with Crippen LogP contribution in [0.1, 0.15) is 50.7 Å². The van der Waals surface area contributed by atoms with Crippen LogP contribution < -0.4 is 10.1 Å². The monoisotopic (exact) mass is 247 g/mol. The molecule has 18 heavy (non-hydrogen) atoms. The van der Waals surface area contributed by atoms with Crippen molar-refractivity contribution in [2.45, 2.75) is 58.6 Å². The Morgan fingerprint density at radius 3 is 2.67 bits per heavy atom. The molecule has 1 aromatic carbocycles. The first kappa shape index (κ1) is 13.4. The van der Waals surface area contributed by atoms with Crippen LogP contribution in [0.4, 0.5) is 0 Å². The number of benzene rings is 1. The van der Waals surface area contributed by atoms with Crippen LogP contribution in [0.5, 0.6) is 5.75 Å². The molecule has 0 unspecified atom stereocenters. The third-order valence-corrected chi connectivity index (χ3v) is 3.67. The highest BCUT2D eigenvalue weighted by Crippen LogP contribution is 2.32. The fraction of sp³-hybridized carbons (Fsp3) is 0.625. The standard InChI is InChI=1S/C16H25NO/c1-5-17-13-9-14(10-13)18-16-8-12(4)6-7-15(16)11(2)3/h6-8,11,13-14,17H,5,9-10H2,1-4H3. The minimum absolute atomic E-state index is 0.397.